The second-order valence-corrected chi connectivity index (χ2v) is 6.47. The van der Waals surface area contributed by atoms with E-state index < -0.39 is 0 Å². The number of nitrogens with zero attached hydrogens (tertiary/aromatic N) is 1. The number of amides is 1. The lowest BCUT2D eigenvalue weighted by Gasteiger charge is -2.27. The van der Waals surface area contributed by atoms with Crippen LogP contribution in [0, 0.1) is 0 Å². The van der Waals surface area contributed by atoms with E-state index in [4.69, 9.17) is 25.8 Å². The Balaban J connectivity index is 1.54. The highest BCUT2D eigenvalue weighted by molar-refractivity contribution is 6.30. The topological polar surface area (TPSA) is 48.0 Å². The fourth-order valence-electron chi connectivity index (χ4n) is 3.19. The summed E-state index contributed by atoms with van der Waals surface area (Å²) in [5, 5.41) is 0.693. The monoisotopic (exact) mass is 359 g/mol. The Labute approximate surface area is 151 Å². The zero-order chi connectivity index (χ0) is 17.2. The van der Waals surface area contributed by atoms with Gasteiger partial charge < -0.3 is 19.1 Å². The van der Waals surface area contributed by atoms with E-state index in [2.05, 4.69) is 0 Å². The molecule has 4 rings (SSSR count). The van der Waals surface area contributed by atoms with E-state index in [0.717, 1.165) is 16.8 Å². The summed E-state index contributed by atoms with van der Waals surface area (Å²) < 4.78 is 16.7. The Morgan fingerprint density at radius 3 is 2.12 bits per heavy atom. The fourth-order valence-corrected chi connectivity index (χ4v) is 3.32. The van der Waals surface area contributed by atoms with Crippen LogP contribution in [0.5, 0.6) is 0 Å². The van der Waals surface area contributed by atoms with Gasteiger partial charge in [0.1, 0.15) is 25.6 Å². The van der Waals surface area contributed by atoms with Gasteiger partial charge in [-0.25, -0.2) is 0 Å². The quantitative estimate of drug-likeness (QED) is 0.841. The maximum Gasteiger partial charge on any atom is 0.253 e. The van der Waals surface area contributed by atoms with Crippen LogP contribution in [0.4, 0.5) is 5.69 Å². The van der Waals surface area contributed by atoms with Crippen LogP contribution in [0.25, 0.3) is 0 Å². The Bertz CT molecular complexity index is 747. The molecule has 6 heteroatoms. The number of morpholine rings is 1. The Hall–Kier alpha value is -1.92. The molecule has 0 spiro atoms. The highest BCUT2D eigenvalue weighted by Gasteiger charge is 2.32. The molecule has 0 radical (unpaired) electrons. The smallest absolute Gasteiger partial charge is 0.253 e. The fraction of sp³-hybridized carbons (Fsp3) is 0.316. The lowest BCUT2D eigenvalue weighted by atomic mass is 9.98. The first-order chi connectivity index (χ1) is 12.2. The molecule has 2 fully saturated rings. The molecular formula is C19H18ClNO4. The molecule has 130 valence electrons. The average molecular weight is 360 g/mol. The molecule has 0 aliphatic carbocycles. The molecule has 0 N–H and O–H groups in total. The molecule has 5 nitrogen and oxygen atoms in total. The van der Waals surface area contributed by atoms with Crippen LogP contribution in [0.3, 0.4) is 0 Å². The Morgan fingerprint density at radius 1 is 0.920 bits per heavy atom. The standard InChI is InChI=1S/C19H18ClNO4/c20-15-5-1-13(2-6-15)18-19(25-12-24-18)14-3-7-16(8-4-14)21-9-10-23-11-17(21)22/h1-8,18-19H,9-12H2. The SMILES string of the molecule is O=C1COCCN1c1ccc(C2OCOC2c2ccc(Cl)cc2)cc1. The number of halogens is 1. The zero-order valence-electron chi connectivity index (χ0n) is 13.6. The van der Waals surface area contributed by atoms with Crippen LogP contribution >= 0.6 is 11.6 Å². The molecule has 2 aliphatic rings. The molecule has 2 aromatic carbocycles. The lowest BCUT2D eigenvalue weighted by Crippen LogP contribution is -2.41. The van der Waals surface area contributed by atoms with Crippen molar-refractivity contribution >= 4 is 23.2 Å². The van der Waals surface area contributed by atoms with Crippen molar-refractivity contribution in [2.24, 2.45) is 0 Å². The van der Waals surface area contributed by atoms with Gasteiger partial charge in [-0.15, -0.1) is 0 Å². The predicted octanol–water partition coefficient (Wildman–Crippen LogP) is 3.49. The molecule has 2 saturated heterocycles. The van der Waals surface area contributed by atoms with E-state index in [1.54, 1.807) is 4.90 Å². The molecular weight excluding hydrogens is 342 g/mol. The second kappa shape index (κ2) is 7.14. The van der Waals surface area contributed by atoms with Gasteiger partial charge in [0.25, 0.3) is 5.91 Å². The third-order valence-corrected chi connectivity index (χ3v) is 4.74. The van der Waals surface area contributed by atoms with E-state index in [-0.39, 0.29) is 31.5 Å². The highest BCUT2D eigenvalue weighted by atomic mass is 35.5. The second-order valence-electron chi connectivity index (χ2n) is 6.03. The minimum atomic E-state index is -0.185. The summed E-state index contributed by atoms with van der Waals surface area (Å²) in [5.74, 6) is -0.0153. The molecule has 2 aromatic rings. The van der Waals surface area contributed by atoms with Crippen LogP contribution in [-0.4, -0.2) is 32.5 Å². The number of hydrogen-bond donors (Lipinski definition) is 0. The Kier molecular flexibility index (Phi) is 4.72. The van der Waals surface area contributed by atoms with Crippen LogP contribution in [-0.2, 0) is 19.0 Å². The lowest BCUT2D eigenvalue weighted by molar-refractivity contribution is -0.125. The van der Waals surface area contributed by atoms with Crippen molar-refractivity contribution < 1.29 is 19.0 Å². The van der Waals surface area contributed by atoms with Crippen molar-refractivity contribution in [2.75, 3.05) is 31.5 Å². The molecule has 2 atom stereocenters. The first kappa shape index (κ1) is 16.5. The number of ether oxygens (including phenoxy) is 3. The van der Waals surface area contributed by atoms with Gasteiger partial charge in [0.2, 0.25) is 0 Å². The van der Waals surface area contributed by atoms with Crippen molar-refractivity contribution in [1.82, 2.24) is 0 Å². The first-order valence-corrected chi connectivity index (χ1v) is 8.57. The normalized spacial score (nSPS) is 23.9. The summed E-state index contributed by atoms with van der Waals surface area (Å²) in [6.45, 7) is 1.53. The Morgan fingerprint density at radius 2 is 1.52 bits per heavy atom. The molecule has 0 aromatic heterocycles. The largest absolute Gasteiger partial charge is 0.370 e. The van der Waals surface area contributed by atoms with Gasteiger partial charge in [-0.1, -0.05) is 35.9 Å². The van der Waals surface area contributed by atoms with Crippen LogP contribution in [0.2, 0.25) is 5.02 Å². The molecule has 25 heavy (non-hydrogen) atoms. The number of carbonyl (C=O) groups is 1. The molecule has 1 amide bonds. The minimum absolute atomic E-state index is 0.0153. The maximum absolute atomic E-state index is 11.9. The minimum Gasteiger partial charge on any atom is -0.370 e. The van der Waals surface area contributed by atoms with Crippen molar-refractivity contribution in [3.63, 3.8) is 0 Å². The van der Waals surface area contributed by atoms with Gasteiger partial charge in [0.05, 0.1) is 6.61 Å². The third kappa shape index (κ3) is 3.41. The van der Waals surface area contributed by atoms with Gasteiger partial charge in [0, 0.05) is 17.3 Å². The van der Waals surface area contributed by atoms with Gasteiger partial charge in [-0.3, -0.25) is 4.79 Å². The highest BCUT2D eigenvalue weighted by Crippen LogP contribution is 2.40. The van der Waals surface area contributed by atoms with Gasteiger partial charge in [0.15, 0.2) is 0 Å². The molecule has 0 saturated carbocycles. The summed E-state index contributed by atoms with van der Waals surface area (Å²) in [5.41, 5.74) is 2.92. The zero-order valence-corrected chi connectivity index (χ0v) is 14.3. The van der Waals surface area contributed by atoms with Gasteiger partial charge >= 0.3 is 0 Å². The van der Waals surface area contributed by atoms with Crippen molar-refractivity contribution in [3.8, 4) is 0 Å². The van der Waals surface area contributed by atoms with Crippen LogP contribution in [0.15, 0.2) is 48.5 Å². The van der Waals surface area contributed by atoms with Crippen LogP contribution < -0.4 is 4.90 Å². The third-order valence-electron chi connectivity index (χ3n) is 4.49. The van der Waals surface area contributed by atoms with Gasteiger partial charge in [-0.2, -0.15) is 0 Å². The van der Waals surface area contributed by atoms with Crippen molar-refractivity contribution in [1.29, 1.82) is 0 Å². The van der Waals surface area contributed by atoms with E-state index in [1.807, 2.05) is 48.5 Å². The maximum atomic E-state index is 11.9. The molecule has 2 aliphatic heterocycles. The summed E-state index contributed by atoms with van der Waals surface area (Å²) >= 11 is 5.96. The summed E-state index contributed by atoms with van der Waals surface area (Å²) in [4.78, 5) is 13.7. The van der Waals surface area contributed by atoms with E-state index in [0.29, 0.717) is 18.2 Å². The molecule has 0 bridgehead atoms. The van der Waals surface area contributed by atoms with Crippen molar-refractivity contribution in [3.05, 3.63) is 64.7 Å². The summed E-state index contributed by atoms with van der Waals surface area (Å²) in [7, 11) is 0. The molecule has 2 heterocycles. The molecule has 2 unspecified atom stereocenters. The summed E-state index contributed by atoms with van der Waals surface area (Å²) in [6, 6.07) is 15.5. The van der Waals surface area contributed by atoms with E-state index in [9.17, 15) is 4.79 Å². The van der Waals surface area contributed by atoms with E-state index in [1.165, 1.54) is 0 Å². The number of benzene rings is 2. The van der Waals surface area contributed by atoms with Crippen molar-refractivity contribution in [2.45, 2.75) is 12.2 Å². The number of hydrogen-bond acceptors (Lipinski definition) is 4. The number of anilines is 1. The summed E-state index contributed by atoms with van der Waals surface area (Å²) in [6.07, 6.45) is -0.358. The average Bonchev–Trinajstić information content (AvgIpc) is 3.13. The predicted molar refractivity (Wildman–Crippen MR) is 93.6 cm³/mol. The first-order valence-electron chi connectivity index (χ1n) is 8.19. The van der Waals surface area contributed by atoms with Gasteiger partial charge in [-0.05, 0) is 35.4 Å². The van der Waals surface area contributed by atoms with E-state index >= 15 is 0 Å². The number of carbonyl (C=O) groups excluding carboxylic acids is 1. The van der Waals surface area contributed by atoms with Crippen LogP contribution in [0.1, 0.15) is 23.3 Å². The number of rotatable bonds is 3.